The summed E-state index contributed by atoms with van der Waals surface area (Å²) < 4.78 is 181. The number of ether oxygens (including phenoxy) is 2. The third kappa shape index (κ3) is 6.38. The summed E-state index contributed by atoms with van der Waals surface area (Å²) in [5, 5.41) is 0. The van der Waals surface area contributed by atoms with Gasteiger partial charge in [0.15, 0.2) is 0 Å². The van der Waals surface area contributed by atoms with Gasteiger partial charge in [0, 0.05) is 6.42 Å². The van der Waals surface area contributed by atoms with Crippen molar-refractivity contribution in [3.63, 3.8) is 0 Å². The predicted octanol–water partition coefficient (Wildman–Crippen LogP) is 5.98. The van der Waals surface area contributed by atoms with Gasteiger partial charge in [0.1, 0.15) is 6.61 Å². The van der Waals surface area contributed by atoms with Crippen molar-refractivity contribution in [3.8, 4) is 0 Å². The van der Waals surface area contributed by atoms with E-state index in [2.05, 4.69) is 9.47 Å². The van der Waals surface area contributed by atoms with Crippen molar-refractivity contribution in [2.75, 3.05) is 13.2 Å². The van der Waals surface area contributed by atoms with Gasteiger partial charge in [-0.2, -0.15) is 61.5 Å². The highest BCUT2D eigenvalue weighted by Crippen LogP contribution is 2.54. The molecule has 3 nitrogen and oxygen atoms in total. The Morgan fingerprint density at radius 2 is 1.00 bits per heavy atom. The average molecular weight is 468 g/mol. The van der Waals surface area contributed by atoms with E-state index in [4.69, 9.17) is 0 Å². The lowest BCUT2D eigenvalue weighted by molar-refractivity contribution is -0.397. The molecule has 0 bridgehead atoms. The largest absolute Gasteiger partial charge is 0.508 e. The first-order chi connectivity index (χ1) is 12.6. The summed E-state index contributed by atoms with van der Waals surface area (Å²) in [6.45, 7) is -3.03. The highest BCUT2D eigenvalue weighted by molar-refractivity contribution is 5.59. The van der Waals surface area contributed by atoms with E-state index < -0.39 is 74.7 Å². The molecule has 0 aliphatic rings. The van der Waals surface area contributed by atoms with E-state index in [1.807, 2.05) is 0 Å². The van der Waals surface area contributed by atoms with Gasteiger partial charge < -0.3 is 9.47 Å². The van der Waals surface area contributed by atoms with E-state index in [1.165, 1.54) is 0 Å². The van der Waals surface area contributed by atoms with Crippen LogP contribution in [0.15, 0.2) is 0 Å². The molecule has 174 valence electrons. The lowest BCUT2D eigenvalue weighted by atomic mass is 10.0. The van der Waals surface area contributed by atoms with E-state index in [-0.39, 0.29) is 0 Å². The van der Waals surface area contributed by atoms with Crippen LogP contribution in [0.25, 0.3) is 0 Å². The summed E-state index contributed by atoms with van der Waals surface area (Å²) in [4.78, 5) is 10.8. The molecule has 0 heterocycles. The fourth-order valence-electron chi connectivity index (χ4n) is 1.46. The van der Waals surface area contributed by atoms with Crippen molar-refractivity contribution in [1.29, 1.82) is 0 Å². The molecule has 0 atom stereocenters. The van der Waals surface area contributed by atoms with Gasteiger partial charge in [-0.05, 0) is 6.42 Å². The minimum atomic E-state index is -7.13. The Morgan fingerprint density at radius 3 is 1.41 bits per heavy atom. The van der Waals surface area contributed by atoms with E-state index in [0.717, 1.165) is 0 Å². The van der Waals surface area contributed by atoms with Gasteiger partial charge in [-0.1, -0.05) is 0 Å². The Kier molecular flexibility index (Phi) is 8.07. The van der Waals surface area contributed by atoms with Gasteiger partial charge >= 0.3 is 42.2 Å². The molecule has 0 aromatic rings. The monoisotopic (exact) mass is 468 g/mol. The van der Waals surface area contributed by atoms with Crippen LogP contribution in [-0.4, -0.2) is 55.4 Å². The summed E-state index contributed by atoms with van der Waals surface area (Å²) in [7, 11) is 0. The first-order valence-corrected chi connectivity index (χ1v) is 7.04. The van der Waals surface area contributed by atoms with Crippen molar-refractivity contribution in [3.05, 3.63) is 0 Å². The maximum atomic E-state index is 13.1. The topological polar surface area (TPSA) is 35.5 Å². The molecule has 0 aliphatic carbocycles. The molecule has 0 saturated carbocycles. The molecule has 0 aromatic heterocycles. The second-order valence-corrected chi connectivity index (χ2v) is 5.35. The van der Waals surface area contributed by atoms with Gasteiger partial charge in [-0.3, -0.25) is 0 Å². The third-order valence-electron chi connectivity index (χ3n) is 3.12. The van der Waals surface area contributed by atoms with Crippen LogP contribution in [-0.2, 0) is 9.47 Å². The maximum Gasteiger partial charge on any atom is 0.508 e. The number of rotatable bonds is 9. The molecule has 0 fully saturated rings. The van der Waals surface area contributed by atoms with Gasteiger partial charge in [0.25, 0.3) is 0 Å². The molecule has 0 rings (SSSR count). The minimum Gasteiger partial charge on any atom is -0.434 e. The van der Waals surface area contributed by atoms with Gasteiger partial charge in [0.2, 0.25) is 0 Å². The Balaban J connectivity index is 4.56. The smallest absolute Gasteiger partial charge is 0.434 e. The zero-order valence-electron chi connectivity index (χ0n) is 13.6. The Bertz CT molecular complexity index is 551. The molecule has 0 spiro atoms. The molecule has 0 saturated heterocycles. The summed E-state index contributed by atoms with van der Waals surface area (Å²) >= 11 is 0. The van der Waals surface area contributed by atoms with Crippen molar-refractivity contribution < 1.29 is 75.7 Å². The van der Waals surface area contributed by atoms with E-state index in [1.54, 1.807) is 0 Å². The second-order valence-electron chi connectivity index (χ2n) is 5.35. The number of carbonyl (C=O) groups is 1. The summed E-state index contributed by atoms with van der Waals surface area (Å²) in [6.07, 6.45) is -20.5. The quantitative estimate of drug-likeness (QED) is 0.238. The van der Waals surface area contributed by atoms with Crippen molar-refractivity contribution in [2.45, 2.75) is 55.3 Å². The van der Waals surface area contributed by atoms with Gasteiger partial charge in [-0.15, -0.1) is 0 Å². The Morgan fingerprint density at radius 1 is 0.552 bits per heavy atom. The summed E-state index contributed by atoms with van der Waals surface area (Å²) in [5.74, 6) is -25.2. The SMILES string of the molecule is O=C(OCCCC(F)(F)C(F)(F)F)OCCC(F)(F)C(F)(F)C(F)(F)C(F)(F)F. The molecule has 0 N–H and O–H groups in total. The van der Waals surface area contributed by atoms with Gasteiger partial charge in [-0.25, -0.2) is 4.79 Å². The predicted molar refractivity (Wildman–Crippen MR) is 63.0 cm³/mol. The van der Waals surface area contributed by atoms with Crippen LogP contribution in [0.3, 0.4) is 0 Å². The van der Waals surface area contributed by atoms with E-state index in [0.29, 0.717) is 0 Å². The molecule has 0 aliphatic heterocycles. The summed E-state index contributed by atoms with van der Waals surface area (Å²) in [5.41, 5.74) is 0. The van der Waals surface area contributed by atoms with Crippen LogP contribution in [0, 0.1) is 0 Å². The lowest BCUT2D eigenvalue weighted by Gasteiger charge is -2.33. The molecule has 29 heavy (non-hydrogen) atoms. The molecule has 0 unspecified atom stereocenters. The number of carbonyl (C=O) groups excluding carboxylic acids is 1. The normalized spacial score (nSPS) is 14.7. The minimum absolute atomic E-state index is 1.10. The highest BCUT2D eigenvalue weighted by atomic mass is 19.4. The number of alkyl halides is 14. The van der Waals surface area contributed by atoms with Crippen molar-refractivity contribution in [1.82, 2.24) is 0 Å². The van der Waals surface area contributed by atoms with Crippen LogP contribution < -0.4 is 0 Å². The number of halogens is 14. The van der Waals surface area contributed by atoms with Crippen LogP contribution in [0.1, 0.15) is 19.3 Å². The van der Waals surface area contributed by atoms with Crippen LogP contribution >= 0.6 is 0 Å². The molecule has 17 heteroatoms. The lowest BCUT2D eigenvalue weighted by Crippen LogP contribution is -2.61. The fourth-order valence-corrected chi connectivity index (χ4v) is 1.46. The molecular formula is C12H10F14O3. The molecule has 0 radical (unpaired) electrons. The summed E-state index contributed by atoms with van der Waals surface area (Å²) in [6, 6.07) is 0. The van der Waals surface area contributed by atoms with Crippen LogP contribution in [0.5, 0.6) is 0 Å². The third-order valence-corrected chi connectivity index (χ3v) is 3.12. The molecule has 0 amide bonds. The standard InChI is InChI=1S/C12H10F14O3/c13-7(14,9(17,18)10(19,20)12(24,25)26)3-5-29-6(27)28-4-1-2-8(15,16)11(21,22)23/h1-5H2. The number of hydrogen-bond acceptors (Lipinski definition) is 3. The zero-order valence-corrected chi connectivity index (χ0v) is 13.6. The Hall–Kier alpha value is -1.71. The van der Waals surface area contributed by atoms with E-state index in [9.17, 15) is 66.3 Å². The fraction of sp³-hybridized carbons (Fsp3) is 0.917. The van der Waals surface area contributed by atoms with E-state index >= 15 is 0 Å². The second kappa shape index (κ2) is 8.57. The zero-order chi connectivity index (χ0) is 23.5. The number of hydrogen-bond donors (Lipinski definition) is 0. The van der Waals surface area contributed by atoms with Crippen LogP contribution in [0.2, 0.25) is 0 Å². The molecular weight excluding hydrogens is 458 g/mol. The maximum absolute atomic E-state index is 13.1. The first kappa shape index (κ1) is 27.3. The van der Waals surface area contributed by atoms with Crippen LogP contribution in [0.4, 0.5) is 66.3 Å². The first-order valence-electron chi connectivity index (χ1n) is 7.04. The van der Waals surface area contributed by atoms with Crippen molar-refractivity contribution in [2.24, 2.45) is 0 Å². The van der Waals surface area contributed by atoms with Gasteiger partial charge in [0.05, 0.1) is 13.0 Å². The average Bonchev–Trinajstić information content (AvgIpc) is 2.48. The highest BCUT2D eigenvalue weighted by Gasteiger charge is 2.81. The Labute approximate surface area is 151 Å². The molecule has 0 aromatic carbocycles. The van der Waals surface area contributed by atoms with Crippen molar-refractivity contribution >= 4 is 6.16 Å².